The molecule has 0 fully saturated rings. The highest BCUT2D eigenvalue weighted by Gasteiger charge is 2.23. The van der Waals surface area contributed by atoms with E-state index in [0.717, 1.165) is 5.69 Å². The third kappa shape index (κ3) is 3.38. The lowest BCUT2D eigenvalue weighted by molar-refractivity contribution is -0.387. The number of nitrogens with one attached hydrogen (secondary N) is 2. The number of aromatic nitrogens is 2. The molecule has 9 heteroatoms. The van der Waals surface area contributed by atoms with Gasteiger partial charge < -0.3 is 10.3 Å². The van der Waals surface area contributed by atoms with Crippen LogP contribution in [0.15, 0.2) is 24.7 Å². The summed E-state index contributed by atoms with van der Waals surface area (Å²) < 4.78 is 27.0. The molecule has 21 heavy (non-hydrogen) atoms. The van der Waals surface area contributed by atoms with Crippen molar-refractivity contribution in [1.82, 2.24) is 15.3 Å². The van der Waals surface area contributed by atoms with Gasteiger partial charge in [-0.1, -0.05) is 0 Å². The monoisotopic (exact) mass is 296 g/mol. The summed E-state index contributed by atoms with van der Waals surface area (Å²) in [6.07, 6.45) is 3.43. The number of benzene rings is 1. The van der Waals surface area contributed by atoms with Crippen molar-refractivity contribution in [3.8, 4) is 0 Å². The van der Waals surface area contributed by atoms with Crippen LogP contribution < -0.4 is 5.32 Å². The average Bonchev–Trinajstić information content (AvgIpc) is 2.93. The Labute approximate surface area is 117 Å². The Morgan fingerprint density at radius 3 is 2.81 bits per heavy atom. The van der Waals surface area contributed by atoms with Crippen LogP contribution in [0.5, 0.6) is 0 Å². The van der Waals surface area contributed by atoms with Gasteiger partial charge in [-0.3, -0.25) is 14.9 Å². The minimum Gasteiger partial charge on any atom is -0.352 e. The molecule has 0 aliphatic heterocycles. The van der Waals surface area contributed by atoms with E-state index in [4.69, 9.17) is 0 Å². The van der Waals surface area contributed by atoms with Gasteiger partial charge in [-0.25, -0.2) is 9.37 Å². The summed E-state index contributed by atoms with van der Waals surface area (Å²) in [4.78, 5) is 27.8. The van der Waals surface area contributed by atoms with E-state index >= 15 is 0 Å². The fourth-order valence-electron chi connectivity index (χ4n) is 1.70. The van der Waals surface area contributed by atoms with Gasteiger partial charge in [0.25, 0.3) is 5.91 Å². The lowest BCUT2D eigenvalue weighted by atomic mass is 10.1. The second-order valence-corrected chi connectivity index (χ2v) is 4.13. The predicted octanol–water partition coefficient (Wildman–Crippen LogP) is 1.57. The maximum atomic E-state index is 13.8. The number of imidazole rings is 1. The molecule has 2 N–H and O–H groups in total. The number of amides is 1. The maximum Gasteiger partial charge on any atom is 0.308 e. The molecule has 0 aliphatic rings. The largest absolute Gasteiger partial charge is 0.352 e. The first-order valence-electron chi connectivity index (χ1n) is 5.88. The van der Waals surface area contributed by atoms with Gasteiger partial charge in [-0.15, -0.1) is 0 Å². The number of hydrogen-bond donors (Lipinski definition) is 2. The summed E-state index contributed by atoms with van der Waals surface area (Å²) in [5, 5.41) is 12.9. The van der Waals surface area contributed by atoms with Crippen molar-refractivity contribution < 1.29 is 18.5 Å². The Morgan fingerprint density at radius 2 is 2.19 bits per heavy atom. The molecule has 2 rings (SSSR count). The molecule has 110 valence electrons. The Kier molecular flexibility index (Phi) is 4.21. The summed E-state index contributed by atoms with van der Waals surface area (Å²) in [5.74, 6) is -3.34. The summed E-state index contributed by atoms with van der Waals surface area (Å²) in [7, 11) is 0. The van der Waals surface area contributed by atoms with Crippen molar-refractivity contribution in [3.63, 3.8) is 0 Å². The SMILES string of the molecule is O=C(NCCc1cnc[nH]1)c1cc(F)cc([N+](=O)[O-])c1F. The molecule has 0 saturated carbocycles. The zero-order valence-electron chi connectivity index (χ0n) is 10.6. The van der Waals surface area contributed by atoms with E-state index in [-0.39, 0.29) is 6.54 Å². The normalized spacial score (nSPS) is 10.4. The number of halogens is 2. The molecule has 2 aromatic rings. The van der Waals surface area contributed by atoms with Gasteiger partial charge in [-0.05, 0) is 6.07 Å². The number of nitrogens with zero attached hydrogens (tertiary/aromatic N) is 2. The lowest BCUT2D eigenvalue weighted by Gasteiger charge is -2.06. The van der Waals surface area contributed by atoms with Gasteiger partial charge >= 0.3 is 5.69 Å². The molecular weight excluding hydrogens is 286 g/mol. The Balaban J connectivity index is 2.10. The van der Waals surface area contributed by atoms with E-state index in [2.05, 4.69) is 15.3 Å². The number of nitro benzene ring substituents is 1. The molecule has 0 atom stereocenters. The highest BCUT2D eigenvalue weighted by Crippen LogP contribution is 2.22. The zero-order valence-corrected chi connectivity index (χ0v) is 10.6. The molecule has 1 aromatic carbocycles. The molecule has 0 aliphatic carbocycles. The van der Waals surface area contributed by atoms with Crippen LogP contribution in [-0.2, 0) is 6.42 Å². The number of carbonyl (C=O) groups excluding carboxylic acids is 1. The summed E-state index contributed by atoms with van der Waals surface area (Å²) in [5.41, 5.74) is -1.03. The van der Waals surface area contributed by atoms with Crippen LogP contribution in [0.25, 0.3) is 0 Å². The van der Waals surface area contributed by atoms with Crippen molar-refractivity contribution in [3.05, 3.63) is 57.7 Å². The van der Waals surface area contributed by atoms with E-state index < -0.39 is 33.7 Å². The van der Waals surface area contributed by atoms with Crippen molar-refractivity contribution in [2.24, 2.45) is 0 Å². The van der Waals surface area contributed by atoms with Gasteiger partial charge in [0.05, 0.1) is 22.9 Å². The van der Waals surface area contributed by atoms with Gasteiger partial charge in [0.2, 0.25) is 5.82 Å². The van der Waals surface area contributed by atoms with Crippen LogP contribution in [0, 0.1) is 21.7 Å². The van der Waals surface area contributed by atoms with Crippen molar-refractivity contribution in [1.29, 1.82) is 0 Å². The van der Waals surface area contributed by atoms with Crippen molar-refractivity contribution in [2.45, 2.75) is 6.42 Å². The maximum absolute atomic E-state index is 13.8. The second kappa shape index (κ2) is 6.07. The number of hydrogen-bond acceptors (Lipinski definition) is 4. The standard InChI is InChI=1S/C12H10F2N4O3/c13-7-3-9(11(14)10(4-7)18(20)21)12(19)16-2-1-8-5-15-6-17-8/h3-6H,1-2H2,(H,15,17)(H,16,19). The topological polar surface area (TPSA) is 101 Å². The molecule has 0 spiro atoms. The van der Waals surface area contributed by atoms with E-state index in [9.17, 15) is 23.7 Å². The molecule has 0 radical (unpaired) electrons. The minimum atomic E-state index is -1.36. The van der Waals surface area contributed by atoms with Crippen LogP contribution in [0.1, 0.15) is 16.1 Å². The lowest BCUT2D eigenvalue weighted by Crippen LogP contribution is -2.27. The molecule has 1 amide bonds. The average molecular weight is 296 g/mol. The highest BCUT2D eigenvalue weighted by molar-refractivity contribution is 5.95. The predicted molar refractivity (Wildman–Crippen MR) is 67.6 cm³/mol. The fourth-order valence-corrected chi connectivity index (χ4v) is 1.70. The smallest absolute Gasteiger partial charge is 0.308 e. The molecule has 7 nitrogen and oxygen atoms in total. The number of H-pyrrole nitrogens is 1. The first-order valence-corrected chi connectivity index (χ1v) is 5.88. The molecule has 0 saturated heterocycles. The first-order chi connectivity index (χ1) is 9.99. The number of rotatable bonds is 5. The van der Waals surface area contributed by atoms with Gasteiger partial charge in [0.15, 0.2) is 0 Å². The third-order valence-corrected chi connectivity index (χ3v) is 2.69. The van der Waals surface area contributed by atoms with Crippen molar-refractivity contribution in [2.75, 3.05) is 6.54 Å². The van der Waals surface area contributed by atoms with Crippen molar-refractivity contribution >= 4 is 11.6 Å². The van der Waals surface area contributed by atoms with Crippen LogP contribution in [-0.4, -0.2) is 27.3 Å². The molecule has 1 heterocycles. The first kappa shape index (κ1) is 14.6. The van der Waals surface area contributed by atoms with Gasteiger partial charge in [0, 0.05) is 24.9 Å². The third-order valence-electron chi connectivity index (χ3n) is 2.69. The van der Waals surface area contributed by atoms with Gasteiger partial charge in [0.1, 0.15) is 5.82 Å². The van der Waals surface area contributed by atoms with E-state index in [1.165, 1.54) is 6.33 Å². The number of aromatic amines is 1. The number of carbonyl (C=O) groups is 1. The Morgan fingerprint density at radius 1 is 1.43 bits per heavy atom. The summed E-state index contributed by atoms with van der Waals surface area (Å²) in [6, 6.07) is 1.05. The zero-order chi connectivity index (χ0) is 15.4. The Bertz CT molecular complexity index is 673. The number of nitro groups is 1. The van der Waals surface area contributed by atoms with E-state index in [0.29, 0.717) is 18.6 Å². The highest BCUT2D eigenvalue weighted by atomic mass is 19.1. The summed E-state index contributed by atoms with van der Waals surface area (Å²) in [6.45, 7) is 0.144. The molecule has 1 aromatic heterocycles. The molecular formula is C12H10F2N4O3. The van der Waals surface area contributed by atoms with Crippen LogP contribution >= 0.6 is 0 Å². The summed E-state index contributed by atoms with van der Waals surface area (Å²) >= 11 is 0. The molecule has 0 bridgehead atoms. The van der Waals surface area contributed by atoms with E-state index in [1.807, 2.05) is 0 Å². The fraction of sp³-hybridized carbons (Fsp3) is 0.167. The van der Waals surface area contributed by atoms with Crippen LogP contribution in [0.3, 0.4) is 0 Å². The second-order valence-electron chi connectivity index (χ2n) is 4.13. The molecule has 0 unspecified atom stereocenters. The minimum absolute atomic E-state index is 0.144. The van der Waals surface area contributed by atoms with Crippen LogP contribution in [0.2, 0.25) is 0 Å². The quantitative estimate of drug-likeness (QED) is 0.646. The van der Waals surface area contributed by atoms with Crippen LogP contribution in [0.4, 0.5) is 14.5 Å². The van der Waals surface area contributed by atoms with E-state index in [1.54, 1.807) is 6.20 Å². The Hall–Kier alpha value is -2.84. The van der Waals surface area contributed by atoms with Gasteiger partial charge in [-0.2, -0.15) is 4.39 Å².